The lowest BCUT2D eigenvalue weighted by atomic mass is 9.98. The number of carbonyl (C=O) groups is 3. The molecule has 0 unspecified atom stereocenters. The largest absolute Gasteiger partial charge is 0.396 e. The summed E-state index contributed by atoms with van der Waals surface area (Å²) in [6, 6.07) is 0. The van der Waals surface area contributed by atoms with Gasteiger partial charge < -0.3 is 10.6 Å². The van der Waals surface area contributed by atoms with Gasteiger partial charge in [-0.15, -0.1) is 0 Å². The molecule has 1 aromatic rings. The summed E-state index contributed by atoms with van der Waals surface area (Å²) >= 11 is 0. The Morgan fingerprint density at radius 2 is 2.11 bits per heavy atom. The number of aryl methyl sites for hydroxylation is 1. The summed E-state index contributed by atoms with van der Waals surface area (Å²) in [5, 5.41) is 6.08. The van der Waals surface area contributed by atoms with E-state index in [9.17, 15) is 14.4 Å². The number of nitrogens with two attached hydrogens (primary N) is 1. The fraction of sp³-hybridized carbons (Fsp3) is 0.455. The lowest BCUT2D eigenvalue weighted by Gasteiger charge is -2.40. The van der Waals surface area contributed by atoms with Crippen LogP contribution in [0.3, 0.4) is 0 Å². The maximum atomic E-state index is 12.5. The zero-order chi connectivity index (χ0) is 14.4. The molecule has 0 radical (unpaired) electrons. The van der Waals surface area contributed by atoms with Gasteiger partial charge in [-0.25, -0.2) is 0 Å². The average Bonchev–Trinajstić information content (AvgIpc) is 2.63. The quantitative estimate of drug-likeness (QED) is 0.625. The van der Waals surface area contributed by atoms with E-state index < -0.39 is 23.3 Å². The molecule has 0 bridgehead atoms. The van der Waals surface area contributed by atoms with Crippen LogP contribution in [-0.4, -0.2) is 44.5 Å². The van der Waals surface area contributed by atoms with Gasteiger partial charge in [0.25, 0.3) is 11.8 Å². The first-order chi connectivity index (χ1) is 8.75. The van der Waals surface area contributed by atoms with Crippen molar-refractivity contribution in [1.29, 1.82) is 0 Å². The third-order valence-electron chi connectivity index (χ3n) is 3.20. The van der Waals surface area contributed by atoms with Crippen molar-refractivity contribution in [3.63, 3.8) is 0 Å². The average molecular weight is 265 g/mol. The standard InChI is InChI=1S/C11H15N5O3/c1-11(2)10(19)14-7(17)5-16(11)9(18)8-6(12)4-13-15(8)3/h4H,5,12H2,1-3H3,(H,14,17,19). The summed E-state index contributed by atoms with van der Waals surface area (Å²) in [5.41, 5.74) is 4.94. The molecule has 0 saturated carbocycles. The first-order valence-corrected chi connectivity index (χ1v) is 5.69. The van der Waals surface area contributed by atoms with Gasteiger partial charge in [-0.1, -0.05) is 0 Å². The Hall–Kier alpha value is -2.38. The molecule has 8 heteroatoms. The van der Waals surface area contributed by atoms with E-state index in [0.717, 1.165) is 0 Å². The molecule has 0 aromatic carbocycles. The van der Waals surface area contributed by atoms with Crippen molar-refractivity contribution >= 4 is 23.4 Å². The van der Waals surface area contributed by atoms with Crippen LogP contribution in [0.1, 0.15) is 24.3 Å². The van der Waals surface area contributed by atoms with Crippen LogP contribution in [0.5, 0.6) is 0 Å². The molecule has 0 spiro atoms. The molecule has 1 fully saturated rings. The van der Waals surface area contributed by atoms with E-state index in [1.807, 2.05) is 0 Å². The number of hydrogen-bond acceptors (Lipinski definition) is 5. The normalized spacial score (nSPS) is 18.4. The van der Waals surface area contributed by atoms with Gasteiger partial charge in [0.15, 0.2) is 0 Å². The van der Waals surface area contributed by atoms with Gasteiger partial charge in [0.1, 0.15) is 17.8 Å². The highest BCUT2D eigenvalue weighted by Gasteiger charge is 2.44. The van der Waals surface area contributed by atoms with Crippen LogP contribution in [0.15, 0.2) is 6.20 Å². The molecule has 1 aliphatic heterocycles. The van der Waals surface area contributed by atoms with E-state index in [2.05, 4.69) is 10.4 Å². The Kier molecular flexibility index (Phi) is 2.80. The number of nitrogens with one attached hydrogen (secondary N) is 1. The van der Waals surface area contributed by atoms with Crippen molar-refractivity contribution in [3.05, 3.63) is 11.9 Å². The van der Waals surface area contributed by atoms with Crippen LogP contribution in [0, 0.1) is 0 Å². The Labute approximate surface area is 109 Å². The van der Waals surface area contributed by atoms with Gasteiger partial charge in [0, 0.05) is 7.05 Å². The smallest absolute Gasteiger partial charge is 0.275 e. The second-order valence-electron chi connectivity index (χ2n) is 4.90. The summed E-state index contributed by atoms with van der Waals surface area (Å²) in [6.45, 7) is 2.95. The van der Waals surface area contributed by atoms with Crippen molar-refractivity contribution in [2.75, 3.05) is 12.3 Å². The van der Waals surface area contributed by atoms with Crippen LogP contribution < -0.4 is 11.1 Å². The monoisotopic (exact) mass is 265 g/mol. The number of nitrogen functional groups attached to an aromatic ring is 1. The van der Waals surface area contributed by atoms with Crippen molar-refractivity contribution in [3.8, 4) is 0 Å². The summed E-state index contributed by atoms with van der Waals surface area (Å²) in [7, 11) is 1.57. The van der Waals surface area contributed by atoms with Crippen LogP contribution in [-0.2, 0) is 16.6 Å². The van der Waals surface area contributed by atoms with E-state index in [0.29, 0.717) is 0 Å². The summed E-state index contributed by atoms with van der Waals surface area (Å²) in [5.74, 6) is -1.53. The van der Waals surface area contributed by atoms with Gasteiger partial charge in [-0.2, -0.15) is 5.10 Å². The summed E-state index contributed by atoms with van der Waals surface area (Å²) in [6.07, 6.45) is 1.35. The second-order valence-corrected chi connectivity index (χ2v) is 4.90. The Morgan fingerprint density at radius 3 is 2.63 bits per heavy atom. The molecule has 8 nitrogen and oxygen atoms in total. The van der Waals surface area contributed by atoms with Gasteiger partial charge in [-0.05, 0) is 13.8 Å². The van der Waals surface area contributed by atoms with Crippen LogP contribution in [0.25, 0.3) is 0 Å². The minimum atomic E-state index is -1.12. The third kappa shape index (κ3) is 1.94. The van der Waals surface area contributed by atoms with Crippen LogP contribution in [0.4, 0.5) is 5.69 Å². The minimum Gasteiger partial charge on any atom is -0.396 e. The van der Waals surface area contributed by atoms with Crippen molar-refractivity contribution in [1.82, 2.24) is 20.0 Å². The molecule has 2 rings (SSSR count). The maximum Gasteiger partial charge on any atom is 0.275 e. The predicted molar refractivity (Wildman–Crippen MR) is 65.9 cm³/mol. The predicted octanol–water partition coefficient (Wildman–Crippen LogP) is -1.12. The lowest BCUT2D eigenvalue weighted by molar-refractivity contribution is -0.143. The van der Waals surface area contributed by atoms with E-state index >= 15 is 0 Å². The number of aromatic nitrogens is 2. The molecule has 3 N–H and O–H groups in total. The highest BCUT2D eigenvalue weighted by atomic mass is 16.2. The molecular weight excluding hydrogens is 250 g/mol. The number of amides is 3. The number of carbonyl (C=O) groups excluding carboxylic acids is 3. The van der Waals surface area contributed by atoms with Gasteiger partial charge >= 0.3 is 0 Å². The fourth-order valence-electron chi connectivity index (χ4n) is 1.95. The molecule has 1 aromatic heterocycles. The van der Waals surface area contributed by atoms with E-state index in [1.165, 1.54) is 15.8 Å². The summed E-state index contributed by atoms with van der Waals surface area (Å²) in [4.78, 5) is 36.9. The fourth-order valence-corrected chi connectivity index (χ4v) is 1.95. The van der Waals surface area contributed by atoms with Gasteiger partial charge in [-0.3, -0.25) is 24.4 Å². The maximum absolute atomic E-state index is 12.5. The zero-order valence-electron chi connectivity index (χ0n) is 10.9. The molecule has 0 aliphatic carbocycles. The lowest BCUT2D eigenvalue weighted by Crippen LogP contribution is -2.65. The van der Waals surface area contributed by atoms with E-state index in [-0.39, 0.29) is 17.9 Å². The number of piperazine rings is 1. The molecule has 1 aliphatic rings. The molecule has 2 heterocycles. The zero-order valence-corrected chi connectivity index (χ0v) is 10.9. The second kappa shape index (κ2) is 4.08. The van der Waals surface area contributed by atoms with E-state index in [1.54, 1.807) is 20.9 Å². The molecule has 0 atom stereocenters. The van der Waals surface area contributed by atoms with Gasteiger partial charge in [0.05, 0.1) is 11.9 Å². The molecular formula is C11H15N5O3. The number of imide groups is 1. The number of rotatable bonds is 1. The highest BCUT2D eigenvalue weighted by Crippen LogP contribution is 2.22. The first kappa shape index (κ1) is 13.1. The molecule has 1 saturated heterocycles. The van der Waals surface area contributed by atoms with E-state index in [4.69, 9.17) is 5.73 Å². The number of nitrogens with zero attached hydrogens (tertiary/aromatic N) is 3. The number of hydrogen-bond donors (Lipinski definition) is 2. The minimum absolute atomic E-state index is 0.163. The van der Waals surface area contributed by atoms with Crippen molar-refractivity contribution in [2.24, 2.45) is 7.05 Å². The van der Waals surface area contributed by atoms with Crippen molar-refractivity contribution < 1.29 is 14.4 Å². The first-order valence-electron chi connectivity index (χ1n) is 5.69. The summed E-state index contributed by atoms with van der Waals surface area (Å²) < 4.78 is 1.32. The topological polar surface area (TPSA) is 110 Å². The van der Waals surface area contributed by atoms with Crippen molar-refractivity contribution in [2.45, 2.75) is 19.4 Å². The Bertz CT molecular complexity index is 555. The molecule has 19 heavy (non-hydrogen) atoms. The highest BCUT2D eigenvalue weighted by molar-refractivity contribution is 6.09. The SMILES string of the molecule is Cn1ncc(N)c1C(=O)N1CC(=O)NC(=O)C1(C)C. The molecule has 102 valence electrons. The molecule has 3 amide bonds. The number of anilines is 1. The Morgan fingerprint density at radius 1 is 1.47 bits per heavy atom. The van der Waals surface area contributed by atoms with Crippen LogP contribution >= 0.6 is 0 Å². The third-order valence-corrected chi connectivity index (χ3v) is 3.20. The Balaban J connectivity index is 2.42. The van der Waals surface area contributed by atoms with Crippen LogP contribution in [0.2, 0.25) is 0 Å². The van der Waals surface area contributed by atoms with Gasteiger partial charge in [0.2, 0.25) is 5.91 Å².